The van der Waals surface area contributed by atoms with Crippen LogP contribution in [-0.4, -0.2) is 41.7 Å². The highest BCUT2D eigenvalue weighted by Gasteiger charge is 2.25. The number of nitrogens with two attached hydrogens (primary N) is 1. The minimum Gasteiger partial charge on any atom is -0.399 e. The van der Waals surface area contributed by atoms with E-state index in [1.54, 1.807) is 36.9 Å². The van der Waals surface area contributed by atoms with E-state index in [1.165, 1.54) is 29.8 Å². The summed E-state index contributed by atoms with van der Waals surface area (Å²) in [6.45, 7) is 9.06. The molecule has 2 N–H and O–H groups in total. The minimum atomic E-state index is -3.68. The molecule has 2 heterocycles. The van der Waals surface area contributed by atoms with Crippen LogP contribution in [-0.2, 0) is 58.6 Å². The number of nitrogen functional groups attached to an aromatic ring is 1. The Morgan fingerprint density at radius 2 is 1.11 bits per heavy atom. The molecule has 0 bridgehead atoms. The molecule has 9 nitrogen and oxygen atoms in total. The number of sulfone groups is 1. The zero-order chi connectivity index (χ0) is 40.5. The maximum absolute atomic E-state index is 14.0. The third-order valence-electron chi connectivity index (χ3n) is 9.05. The van der Waals surface area contributed by atoms with Crippen LogP contribution in [0.25, 0.3) is 0 Å². The number of nitrogens with zero attached hydrogens (tertiary/aromatic N) is 2. The number of rotatable bonds is 10. The SMILES string of the molecule is CCCN1C(=O)CCc2cc(CS(=O)(=O)Cc3ccc(C)cc3F)ccc21.CCCN1C(=O)CCc2cc(N)ccc21.Cc1ccc(CS(=O)(=O)Cl)c(F)c1. The Labute approximate surface area is 327 Å². The van der Waals surface area contributed by atoms with Gasteiger partial charge in [-0.1, -0.05) is 50.2 Å². The molecule has 4 aromatic rings. The van der Waals surface area contributed by atoms with Crippen LogP contribution < -0.4 is 15.5 Å². The molecule has 2 amide bonds. The van der Waals surface area contributed by atoms with Gasteiger partial charge >= 0.3 is 0 Å². The van der Waals surface area contributed by atoms with Crippen molar-refractivity contribution in [3.63, 3.8) is 0 Å². The van der Waals surface area contributed by atoms with Crippen molar-refractivity contribution in [1.82, 2.24) is 0 Å². The van der Waals surface area contributed by atoms with E-state index in [9.17, 15) is 35.2 Å². The normalized spacial score (nSPS) is 13.9. The number of aryl methyl sites for hydroxylation is 4. The first kappa shape index (κ1) is 43.4. The molecular formula is C41H48ClF2N3O6S2. The highest BCUT2D eigenvalue weighted by molar-refractivity contribution is 8.13. The smallest absolute Gasteiger partial charge is 0.236 e. The second-order valence-electron chi connectivity index (χ2n) is 13.8. The highest BCUT2D eigenvalue weighted by Crippen LogP contribution is 2.31. The van der Waals surface area contributed by atoms with Gasteiger partial charge in [0.2, 0.25) is 20.9 Å². The molecule has 0 spiro atoms. The van der Waals surface area contributed by atoms with Gasteiger partial charge in [-0.25, -0.2) is 25.6 Å². The summed E-state index contributed by atoms with van der Waals surface area (Å²) in [5.41, 5.74) is 13.1. The first-order valence-electron chi connectivity index (χ1n) is 18.1. The topological polar surface area (TPSA) is 135 Å². The van der Waals surface area contributed by atoms with Gasteiger partial charge in [0, 0.05) is 64.8 Å². The molecule has 2 aliphatic rings. The highest BCUT2D eigenvalue weighted by atomic mass is 35.7. The Hall–Kier alpha value is -4.33. The van der Waals surface area contributed by atoms with E-state index in [0.29, 0.717) is 31.4 Å². The molecule has 0 saturated heterocycles. The molecule has 4 aromatic carbocycles. The van der Waals surface area contributed by atoms with E-state index >= 15 is 0 Å². The summed E-state index contributed by atoms with van der Waals surface area (Å²) in [4.78, 5) is 27.5. The third kappa shape index (κ3) is 12.6. The molecule has 0 atom stereocenters. The number of fused-ring (bicyclic) bond motifs is 2. The van der Waals surface area contributed by atoms with Gasteiger partial charge in [-0.3, -0.25) is 9.59 Å². The maximum Gasteiger partial charge on any atom is 0.236 e. The molecule has 0 radical (unpaired) electrons. The first-order chi connectivity index (χ1) is 25.9. The Morgan fingerprint density at radius 3 is 1.58 bits per heavy atom. The molecule has 296 valence electrons. The van der Waals surface area contributed by atoms with E-state index in [2.05, 4.69) is 6.92 Å². The lowest BCUT2D eigenvalue weighted by atomic mass is 9.99. The fourth-order valence-corrected chi connectivity index (χ4v) is 8.94. The average molecular weight is 816 g/mol. The quantitative estimate of drug-likeness (QED) is 0.126. The van der Waals surface area contributed by atoms with Gasteiger partial charge in [0.05, 0.1) is 17.3 Å². The molecule has 0 unspecified atom stereocenters. The zero-order valence-electron chi connectivity index (χ0n) is 31.6. The van der Waals surface area contributed by atoms with Crippen molar-refractivity contribution in [3.8, 4) is 0 Å². The van der Waals surface area contributed by atoms with Crippen LogP contribution in [0.4, 0.5) is 25.8 Å². The predicted octanol–water partition coefficient (Wildman–Crippen LogP) is 8.10. The summed E-state index contributed by atoms with van der Waals surface area (Å²) < 4.78 is 73.5. The van der Waals surface area contributed by atoms with Gasteiger partial charge in [0.25, 0.3) is 0 Å². The van der Waals surface area contributed by atoms with Crippen LogP contribution in [0.15, 0.2) is 72.8 Å². The van der Waals surface area contributed by atoms with Gasteiger partial charge in [-0.05, 0) is 104 Å². The van der Waals surface area contributed by atoms with Crippen molar-refractivity contribution in [3.05, 3.63) is 123 Å². The maximum atomic E-state index is 14.0. The molecule has 0 fully saturated rings. The number of carbonyl (C=O) groups is 2. The monoisotopic (exact) mass is 815 g/mol. The van der Waals surface area contributed by atoms with Crippen molar-refractivity contribution in [2.24, 2.45) is 0 Å². The molecule has 2 aliphatic heterocycles. The number of halogens is 3. The van der Waals surface area contributed by atoms with E-state index in [4.69, 9.17) is 16.4 Å². The number of amides is 2. The van der Waals surface area contributed by atoms with Crippen LogP contribution in [0.3, 0.4) is 0 Å². The second kappa shape index (κ2) is 19.0. The van der Waals surface area contributed by atoms with Crippen molar-refractivity contribution in [2.45, 2.75) is 83.5 Å². The lowest BCUT2D eigenvalue weighted by molar-refractivity contribution is -0.119. The van der Waals surface area contributed by atoms with E-state index in [0.717, 1.165) is 59.6 Å². The summed E-state index contributed by atoms with van der Waals surface area (Å²) >= 11 is 0. The molecule has 55 heavy (non-hydrogen) atoms. The van der Waals surface area contributed by atoms with Crippen LogP contribution in [0.1, 0.15) is 78.5 Å². The summed E-state index contributed by atoms with van der Waals surface area (Å²) in [6, 6.07) is 20.2. The van der Waals surface area contributed by atoms with Gasteiger partial charge in [-0.15, -0.1) is 0 Å². The van der Waals surface area contributed by atoms with Crippen LogP contribution in [0, 0.1) is 25.5 Å². The minimum absolute atomic E-state index is 0.0978. The largest absolute Gasteiger partial charge is 0.399 e. The summed E-state index contributed by atoms with van der Waals surface area (Å²) in [5.74, 6) is -1.62. The van der Waals surface area contributed by atoms with E-state index in [-0.39, 0.29) is 34.4 Å². The van der Waals surface area contributed by atoms with Crippen molar-refractivity contribution in [1.29, 1.82) is 0 Å². The van der Waals surface area contributed by atoms with Gasteiger partial charge < -0.3 is 15.5 Å². The number of carbonyl (C=O) groups excluding carboxylic acids is 2. The summed E-state index contributed by atoms with van der Waals surface area (Å²) in [5, 5.41) is 0. The second-order valence-corrected chi connectivity index (χ2v) is 18.7. The molecule has 0 saturated carbocycles. The van der Waals surface area contributed by atoms with Crippen LogP contribution in [0.2, 0.25) is 0 Å². The first-order valence-corrected chi connectivity index (χ1v) is 22.4. The Kier molecular flexibility index (Phi) is 15.0. The van der Waals surface area contributed by atoms with Crippen molar-refractivity contribution >= 4 is 58.4 Å². The number of hydrogen-bond acceptors (Lipinski definition) is 7. The van der Waals surface area contributed by atoms with Crippen LogP contribution >= 0.6 is 10.7 Å². The Bertz CT molecular complexity index is 2250. The number of anilines is 3. The molecular weight excluding hydrogens is 768 g/mol. The zero-order valence-corrected chi connectivity index (χ0v) is 34.0. The third-order valence-corrected chi connectivity index (χ3v) is 11.6. The van der Waals surface area contributed by atoms with Crippen molar-refractivity contribution in [2.75, 3.05) is 28.6 Å². The van der Waals surface area contributed by atoms with E-state index in [1.807, 2.05) is 42.2 Å². The van der Waals surface area contributed by atoms with E-state index < -0.39 is 36.3 Å². The fraction of sp³-hybridized carbons (Fsp3) is 0.366. The summed E-state index contributed by atoms with van der Waals surface area (Å²) in [7, 11) is -2.20. The average Bonchev–Trinajstić information content (AvgIpc) is 3.10. The Balaban J connectivity index is 0.000000202. The Morgan fingerprint density at radius 1 is 0.636 bits per heavy atom. The molecule has 0 aliphatic carbocycles. The van der Waals surface area contributed by atoms with Gasteiger partial charge in [-0.2, -0.15) is 0 Å². The van der Waals surface area contributed by atoms with Gasteiger partial charge in [0.1, 0.15) is 11.6 Å². The molecule has 0 aromatic heterocycles. The molecule has 14 heteroatoms. The lowest BCUT2D eigenvalue weighted by Gasteiger charge is -2.29. The number of hydrogen-bond donors (Lipinski definition) is 1. The predicted molar refractivity (Wildman–Crippen MR) is 216 cm³/mol. The summed E-state index contributed by atoms with van der Waals surface area (Å²) in [6.07, 6.45) is 4.33. The van der Waals surface area contributed by atoms with Crippen LogP contribution in [0.5, 0.6) is 0 Å². The standard InChI is InChI=1S/C21H24FNO3S.C12H16N2O.C8H8ClFO2S/c1-3-10-23-20-8-5-16(12-17(20)7-9-21(23)24)13-27(25,26)14-18-6-4-15(2)11-19(18)22;1-2-7-14-11-5-4-10(13)8-9(11)3-6-12(14)15;1-6-2-3-7(8(10)4-6)5-13(9,11)12/h4-6,8,11-12H,3,7,9-10,13-14H2,1-2H3;4-5,8H,2-3,6-7,13H2,1H3;2-4H,5H2,1H3. The number of benzene rings is 4. The molecule has 6 rings (SSSR count). The lowest BCUT2D eigenvalue weighted by Crippen LogP contribution is -2.35. The van der Waals surface area contributed by atoms with Crippen molar-refractivity contribution < 1.29 is 35.2 Å². The van der Waals surface area contributed by atoms with Gasteiger partial charge in [0.15, 0.2) is 9.84 Å². The fourth-order valence-electron chi connectivity index (χ4n) is 6.49.